The van der Waals surface area contributed by atoms with Crippen LogP contribution in [0.3, 0.4) is 0 Å². The number of allylic oxidation sites excluding steroid dienone is 2. The molecule has 0 radical (unpaired) electrons. The fraction of sp³-hybridized carbons (Fsp3) is 0.921. The van der Waals surface area contributed by atoms with Gasteiger partial charge in [-0.05, 0) is 44.9 Å². The molecule has 0 unspecified atom stereocenters. The van der Waals surface area contributed by atoms with Gasteiger partial charge in [-0.1, -0.05) is 303 Å². The van der Waals surface area contributed by atoms with Gasteiger partial charge in [-0.25, -0.2) is 0 Å². The maximum absolute atomic E-state index is 12.9. The van der Waals surface area contributed by atoms with Crippen LogP contribution in [0.5, 0.6) is 0 Å². The molecule has 408 valence electrons. The molecule has 1 atom stereocenters. The highest BCUT2D eigenvalue weighted by Crippen LogP contribution is 2.18. The van der Waals surface area contributed by atoms with Crippen molar-refractivity contribution < 1.29 is 28.6 Å². The molecule has 0 N–H and O–H groups in total. The molecule has 0 aromatic carbocycles. The van der Waals surface area contributed by atoms with Gasteiger partial charge in [0.15, 0.2) is 6.10 Å². The molecule has 0 fully saturated rings. The van der Waals surface area contributed by atoms with Crippen molar-refractivity contribution in [1.29, 1.82) is 0 Å². The van der Waals surface area contributed by atoms with E-state index in [1.165, 1.54) is 257 Å². The van der Waals surface area contributed by atoms with Crippen molar-refractivity contribution in [3.63, 3.8) is 0 Å². The van der Waals surface area contributed by atoms with E-state index in [0.717, 1.165) is 57.8 Å². The highest BCUT2D eigenvalue weighted by Gasteiger charge is 2.19. The van der Waals surface area contributed by atoms with Crippen LogP contribution in [0.25, 0.3) is 0 Å². The first-order valence-electron chi connectivity index (χ1n) is 31.2. The largest absolute Gasteiger partial charge is 0.462 e. The molecule has 0 bridgehead atoms. The second-order valence-corrected chi connectivity index (χ2v) is 21.3. The third-order valence-corrected chi connectivity index (χ3v) is 14.3. The summed E-state index contributed by atoms with van der Waals surface area (Å²) in [6.45, 7) is 6.71. The summed E-state index contributed by atoms with van der Waals surface area (Å²) in [4.78, 5) is 38.3. The summed E-state index contributed by atoms with van der Waals surface area (Å²) < 4.78 is 16.9. The van der Waals surface area contributed by atoms with Gasteiger partial charge >= 0.3 is 17.9 Å². The Hall–Kier alpha value is -1.85. The molecular formula is C63H120O6. The molecular weight excluding hydrogens is 853 g/mol. The van der Waals surface area contributed by atoms with Crippen LogP contribution in [0.2, 0.25) is 0 Å². The molecule has 0 aromatic heterocycles. The van der Waals surface area contributed by atoms with Crippen LogP contribution in [0.1, 0.15) is 355 Å². The minimum atomic E-state index is -0.765. The number of carbonyl (C=O) groups excluding carboxylic acids is 3. The van der Waals surface area contributed by atoms with Crippen molar-refractivity contribution in [3.05, 3.63) is 12.2 Å². The van der Waals surface area contributed by atoms with Crippen molar-refractivity contribution in [2.45, 2.75) is 361 Å². The molecule has 0 spiro atoms. The molecule has 6 heteroatoms. The Morgan fingerprint density at radius 1 is 0.275 bits per heavy atom. The van der Waals surface area contributed by atoms with Gasteiger partial charge in [0.1, 0.15) is 13.2 Å². The number of hydrogen-bond donors (Lipinski definition) is 0. The van der Waals surface area contributed by atoms with Crippen molar-refractivity contribution in [2.24, 2.45) is 0 Å². The first-order valence-corrected chi connectivity index (χ1v) is 31.2. The van der Waals surface area contributed by atoms with Gasteiger partial charge in [0.05, 0.1) is 0 Å². The minimum Gasteiger partial charge on any atom is -0.462 e. The number of rotatable bonds is 58. The Bertz CT molecular complexity index is 1070. The first-order chi connectivity index (χ1) is 34.0. The number of esters is 3. The summed E-state index contributed by atoms with van der Waals surface area (Å²) in [7, 11) is 0. The molecule has 6 nitrogen and oxygen atoms in total. The Balaban J connectivity index is 4.30. The standard InChI is InChI=1S/C63H120O6/c1-4-7-10-13-16-19-22-25-28-31-32-33-36-38-41-44-47-50-53-56-62(65)68-59-60(69-63(66)57-54-51-48-45-42-39-35-30-27-24-21-18-15-12-9-6-3)58-67-61(64)55-52-49-46-43-40-37-34-29-26-23-20-17-14-11-8-5-2/h25,28,60H,4-24,26-27,29-59H2,1-3H3/b28-25-/t60-/m1/s1. The van der Waals surface area contributed by atoms with Gasteiger partial charge in [0, 0.05) is 19.3 Å². The van der Waals surface area contributed by atoms with Gasteiger partial charge in [-0.2, -0.15) is 0 Å². The summed E-state index contributed by atoms with van der Waals surface area (Å²) in [5, 5.41) is 0. The predicted molar refractivity (Wildman–Crippen MR) is 298 cm³/mol. The van der Waals surface area contributed by atoms with Crippen molar-refractivity contribution >= 4 is 17.9 Å². The zero-order chi connectivity index (χ0) is 50.0. The molecule has 0 aromatic rings. The van der Waals surface area contributed by atoms with Crippen LogP contribution in [0.4, 0.5) is 0 Å². The Morgan fingerprint density at radius 3 is 0.725 bits per heavy atom. The van der Waals surface area contributed by atoms with E-state index in [0.29, 0.717) is 19.3 Å². The summed E-state index contributed by atoms with van der Waals surface area (Å²) in [6, 6.07) is 0. The number of hydrogen-bond acceptors (Lipinski definition) is 6. The molecule has 0 saturated heterocycles. The summed E-state index contributed by atoms with van der Waals surface area (Å²) in [6.07, 6.45) is 67.8. The molecule has 0 heterocycles. The van der Waals surface area contributed by atoms with Crippen LogP contribution >= 0.6 is 0 Å². The third kappa shape index (κ3) is 56.9. The van der Waals surface area contributed by atoms with Gasteiger partial charge in [0.2, 0.25) is 0 Å². The maximum atomic E-state index is 12.9. The highest BCUT2D eigenvalue weighted by molar-refractivity contribution is 5.71. The fourth-order valence-corrected chi connectivity index (χ4v) is 9.56. The van der Waals surface area contributed by atoms with E-state index in [4.69, 9.17) is 14.2 Å². The Kier molecular flexibility index (Phi) is 57.1. The second kappa shape index (κ2) is 58.7. The molecule has 0 amide bonds. The molecule has 0 aliphatic heterocycles. The summed E-state index contributed by atoms with van der Waals surface area (Å²) in [5.41, 5.74) is 0. The van der Waals surface area contributed by atoms with Crippen molar-refractivity contribution in [1.82, 2.24) is 0 Å². The van der Waals surface area contributed by atoms with Crippen LogP contribution in [-0.4, -0.2) is 37.2 Å². The average Bonchev–Trinajstić information content (AvgIpc) is 3.35. The lowest BCUT2D eigenvalue weighted by Gasteiger charge is -2.18. The lowest BCUT2D eigenvalue weighted by Crippen LogP contribution is -2.30. The smallest absolute Gasteiger partial charge is 0.306 e. The molecule has 0 rings (SSSR count). The van der Waals surface area contributed by atoms with Crippen LogP contribution in [0, 0.1) is 0 Å². The van der Waals surface area contributed by atoms with Gasteiger partial charge in [-0.3, -0.25) is 14.4 Å². The third-order valence-electron chi connectivity index (χ3n) is 14.3. The van der Waals surface area contributed by atoms with Crippen molar-refractivity contribution in [3.8, 4) is 0 Å². The van der Waals surface area contributed by atoms with E-state index in [-0.39, 0.29) is 31.1 Å². The minimum absolute atomic E-state index is 0.0639. The monoisotopic (exact) mass is 973 g/mol. The van der Waals surface area contributed by atoms with Crippen LogP contribution < -0.4 is 0 Å². The van der Waals surface area contributed by atoms with Gasteiger partial charge in [-0.15, -0.1) is 0 Å². The average molecular weight is 974 g/mol. The SMILES string of the molecule is CCCCCCCC/C=C\CCCCCCCCCCCC(=O)OC[C@@H](COC(=O)CCCCCCCCCCCCCCCCCC)OC(=O)CCCCCCCCCCCCCCCCCC. The second-order valence-electron chi connectivity index (χ2n) is 21.3. The molecule has 0 aliphatic carbocycles. The zero-order valence-corrected chi connectivity index (χ0v) is 46.9. The highest BCUT2D eigenvalue weighted by atomic mass is 16.6. The van der Waals surface area contributed by atoms with E-state index in [2.05, 4.69) is 32.9 Å². The lowest BCUT2D eigenvalue weighted by atomic mass is 10.0. The maximum Gasteiger partial charge on any atom is 0.306 e. The quantitative estimate of drug-likeness (QED) is 0.0261. The first kappa shape index (κ1) is 67.1. The van der Waals surface area contributed by atoms with Gasteiger partial charge in [0.25, 0.3) is 0 Å². The topological polar surface area (TPSA) is 78.9 Å². The fourth-order valence-electron chi connectivity index (χ4n) is 9.56. The Morgan fingerprint density at radius 2 is 0.478 bits per heavy atom. The number of carbonyl (C=O) groups is 3. The van der Waals surface area contributed by atoms with Gasteiger partial charge < -0.3 is 14.2 Å². The molecule has 69 heavy (non-hydrogen) atoms. The number of unbranched alkanes of at least 4 members (excludes halogenated alkanes) is 45. The van der Waals surface area contributed by atoms with E-state index >= 15 is 0 Å². The molecule has 0 saturated carbocycles. The lowest BCUT2D eigenvalue weighted by molar-refractivity contribution is -0.167. The van der Waals surface area contributed by atoms with Crippen molar-refractivity contribution in [2.75, 3.05) is 13.2 Å². The molecule has 0 aliphatic rings. The summed E-state index contributed by atoms with van der Waals surface area (Å²) in [5.74, 6) is -0.836. The predicted octanol–water partition coefficient (Wildman–Crippen LogP) is 20.9. The van der Waals surface area contributed by atoms with E-state index < -0.39 is 6.10 Å². The Labute approximate surface area is 431 Å². The van der Waals surface area contributed by atoms with Crippen LogP contribution in [-0.2, 0) is 28.6 Å². The number of ether oxygens (including phenoxy) is 3. The van der Waals surface area contributed by atoms with Crippen LogP contribution in [0.15, 0.2) is 12.2 Å². The normalized spacial score (nSPS) is 12.0. The zero-order valence-electron chi connectivity index (χ0n) is 46.9. The van der Waals surface area contributed by atoms with E-state index in [9.17, 15) is 14.4 Å². The van der Waals surface area contributed by atoms with E-state index in [1.54, 1.807) is 0 Å². The van der Waals surface area contributed by atoms with E-state index in [1.807, 2.05) is 0 Å². The summed E-state index contributed by atoms with van der Waals surface area (Å²) >= 11 is 0.